The molecule has 2 aromatic rings. The molecule has 0 fully saturated rings. The van der Waals surface area contributed by atoms with Crippen molar-refractivity contribution in [2.75, 3.05) is 13.1 Å². The summed E-state index contributed by atoms with van der Waals surface area (Å²) < 4.78 is 0. The molecule has 2 aromatic heterocycles. The van der Waals surface area contributed by atoms with Gasteiger partial charge in [-0.2, -0.15) is 0 Å². The van der Waals surface area contributed by atoms with Gasteiger partial charge < -0.3 is 4.98 Å². The first-order valence-electron chi connectivity index (χ1n) is 8.41. The van der Waals surface area contributed by atoms with Crippen molar-refractivity contribution in [1.82, 2.24) is 24.8 Å². The van der Waals surface area contributed by atoms with Gasteiger partial charge in [0.1, 0.15) is 6.33 Å². The van der Waals surface area contributed by atoms with E-state index in [1.807, 2.05) is 12.4 Å². The second kappa shape index (κ2) is 6.60. The summed E-state index contributed by atoms with van der Waals surface area (Å²) >= 11 is 0. The molecular weight excluding hydrogens is 304 g/mol. The topological polar surface area (TPSA) is 87.1 Å². The molecule has 0 atom stereocenters. The minimum absolute atomic E-state index is 0.0303. The number of nitrogens with zero attached hydrogens (tertiary/aromatic N) is 5. The lowest BCUT2D eigenvalue weighted by Gasteiger charge is -2.27. The fraction of sp³-hybridized carbons (Fsp3) is 0.471. The summed E-state index contributed by atoms with van der Waals surface area (Å²) in [6.07, 6.45) is 9.09. The highest BCUT2D eigenvalue weighted by atomic mass is 16.1. The predicted molar refractivity (Wildman–Crippen MR) is 90.0 cm³/mol. The Hall–Kier alpha value is -2.41. The number of rotatable bonds is 3. The van der Waals surface area contributed by atoms with Crippen LogP contribution in [0.15, 0.2) is 28.5 Å². The van der Waals surface area contributed by atoms with Crippen molar-refractivity contribution in [3.8, 4) is 0 Å². The highest BCUT2D eigenvalue weighted by Gasteiger charge is 2.22. The summed E-state index contributed by atoms with van der Waals surface area (Å²) in [5.74, 6) is 0.670. The van der Waals surface area contributed by atoms with Crippen LogP contribution in [0.2, 0.25) is 0 Å². The summed E-state index contributed by atoms with van der Waals surface area (Å²) in [5.41, 5.74) is 3.67. The van der Waals surface area contributed by atoms with Gasteiger partial charge >= 0.3 is 0 Å². The fourth-order valence-electron chi connectivity index (χ4n) is 3.31. The van der Waals surface area contributed by atoms with Crippen LogP contribution >= 0.6 is 0 Å². The Morgan fingerprint density at radius 2 is 2.04 bits per heavy atom. The number of nitrogens with one attached hydrogen (secondary N) is 1. The molecule has 7 heteroatoms. The molecule has 124 valence electrons. The molecule has 7 nitrogen and oxygen atoms in total. The molecular formula is C17H20N6O. The van der Waals surface area contributed by atoms with E-state index in [1.54, 1.807) is 0 Å². The summed E-state index contributed by atoms with van der Waals surface area (Å²) in [4.78, 5) is 35.0. The zero-order valence-electron chi connectivity index (χ0n) is 13.5. The van der Waals surface area contributed by atoms with Gasteiger partial charge in [0.2, 0.25) is 0 Å². The minimum atomic E-state index is -0.0303. The van der Waals surface area contributed by atoms with Gasteiger partial charge in [0.05, 0.1) is 17.0 Å². The van der Waals surface area contributed by atoms with Crippen molar-refractivity contribution in [1.29, 1.82) is 0 Å². The molecule has 0 spiro atoms. The Morgan fingerprint density at radius 3 is 2.83 bits per heavy atom. The van der Waals surface area contributed by atoms with Crippen LogP contribution in [0.1, 0.15) is 41.9 Å². The van der Waals surface area contributed by atoms with Crippen LogP contribution < -0.4 is 5.56 Å². The fourth-order valence-corrected chi connectivity index (χ4v) is 3.31. The predicted octanol–water partition coefficient (Wildman–Crippen LogP) is 1.09. The average molecular weight is 324 g/mol. The molecule has 0 aliphatic carbocycles. The first kappa shape index (κ1) is 15.1. The van der Waals surface area contributed by atoms with E-state index in [0.717, 1.165) is 67.9 Å². The lowest BCUT2D eigenvalue weighted by molar-refractivity contribution is 0.241. The van der Waals surface area contributed by atoms with Crippen molar-refractivity contribution in [2.24, 2.45) is 4.99 Å². The van der Waals surface area contributed by atoms with E-state index >= 15 is 0 Å². The largest absolute Gasteiger partial charge is 0.305 e. The molecule has 0 aromatic carbocycles. The third kappa shape index (κ3) is 3.12. The highest BCUT2D eigenvalue weighted by molar-refractivity contribution is 5.97. The SMILES string of the molecule is O=c1[nH]c(C2=NCCCC2)nc2c1CN(Cc1cncnc1)CC2. The summed E-state index contributed by atoms with van der Waals surface area (Å²) in [6.45, 7) is 3.07. The van der Waals surface area contributed by atoms with E-state index in [9.17, 15) is 4.79 Å². The Kier molecular flexibility index (Phi) is 4.17. The van der Waals surface area contributed by atoms with E-state index in [2.05, 4.69) is 24.8 Å². The molecule has 0 radical (unpaired) electrons. The van der Waals surface area contributed by atoms with Crippen LogP contribution in [0.3, 0.4) is 0 Å². The van der Waals surface area contributed by atoms with E-state index < -0.39 is 0 Å². The quantitative estimate of drug-likeness (QED) is 0.913. The maximum Gasteiger partial charge on any atom is 0.255 e. The van der Waals surface area contributed by atoms with Crippen molar-refractivity contribution in [2.45, 2.75) is 38.8 Å². The van der Waals surface area contributed by atoms with Crippen molar-refractivity contribution in [3.05, 3.63) is 51.7 Å². The number of hydrogen-bond acceptors (Lipinski definition) is 6. The average Bonchev–Trinajstić information content (AvgIpc) is 2.64. The zero-order valence-corrected chi connectivity index (χ0v) is 13.5. The number of aromatic nitrogens is 4. The van der Waals surface area contributed by atoms with Crippen molar-refractivity contribution in [3.63, 3.8) is 0 Å². The lowest BCUT2D eigenvalue weighted by Crippen LogP contribution is -2.36. The van der Waals surface area contributed by atoms with Crippen molar-refractivity contribution < 1.29 is 0 Å². The van der Waals surface area contributed by atoms with Crippen LogP contribution in [0.4, 0.5) is 0 Å². The van der Waals surface area contributed by atoms with Gasteiger partial charge in [-0.25, -0.2) is 15.0 Å². The molecule has 0 unspecified atom stereocenters. The van der Waals surface area contributed by atoms with Gasteiger partial charge in [-0.3, -0.25) is 14.7 Å². The first-order chi connectivity index (χ1) is 11.8. The second-order valence-corrected chi connectivity index (χ2v) is 6.33. The van der Waals surface area contributed by atoms with E-state index in [1.165, 1.54) is 6.33 Å². The maximum absolute atomic E-state index is 12.5. The summed E-state index contributed by atoms with van der Waals surface area (Å²) in [7, 11) is 0. The molecule has 24 heavy (non-hydrogen) atoms. The Balaban J connectivity index is 1.56. The Bertz CT molecular complexity index is 814. The van der Waals surface area contributed by atoms with Gasteiger partial charge in [-0.1, -0.05) is 0 Å². The van der Waals surface area contributed by atoms with Crippen LogP contribution in [0.25, 0.3) is 0 Å². The third-order valence-corrected chi connectivity index (χ3v) is 4.57. The molecule has 4 heterocycles. The van der Waals surface area contributed by atoms with Crippen LogP contribution in [-0.2, 0) is 19.5 Å². The first-order valence-corrected chi connectivity index (χ1v) is 8.41. The van der Waals surface area contributed by atoms with Crippen LogP contribution in [0.5, 0.6) is 0 Å². The van der Waals surface area contributed by atoms with Gasteiger partial charge in [0, 0.05) is 50.6 Å². The monoisotopic (exact) mass is 324 g/mol. The van der Waals surface area contributed by atoms with Crippen LogP contribution in [0, 0.1) is 0 Å². The molecule has 0 saturated carbocycles. The number of aromatic amines is 1. The summed E-state index contributed by atoms with van der Waals surface area (Å²) in [5, 5.41) is 0. The molecule has 4 rings (SSSR count). The molecule has 2 aliphatic heterocycles. The van der Waals surface area contributed by atoms with E-state index in [-0.39, 0.29) is 5.56 Å². The molecule has 0 bridgehead atoms. The van der Waals surface area contributed by atoms with Gasteiger partial charge in [0.15, 0.2) is 5.82 Å². The van der Waals surface area contributed by atoms with Gasteiger partial charge in [-0.05, 0) is 19.3 Å². The maximum atomic E-state index is 12.5. The lowest BCUT2D eigenvalue weighted by atomic mass is 10.0. The smallest absolute Gasteiger partial charge is 0.255 e. The highest BCUT2D eigenvalue weighted by Crippen LogP contribution is 2.17. The zero-order chi connectivity index (χ0) is 16.4. The third-order valence-electron chi connectivity index (χ3n) is 4.57. The Labute approximate surface area is 139 Å². The molecule has 0 saturated heterocycles. The minimum Gasteiger partial charge on any atom is -0.305 e. The summed E-state index contributed by atoms with van der Waals surface area (Å²) in [6, 6.07) is 0. The van der Waals surface area contributed by atoms with E-state index in [4.69, 9.17) is 4.98 Å². The normalized spacial score (nSPS) is 18.1. The standard InChI is InChI=1S/C17H20N6O/c24-17-13-10-23(9-12-7-18-11-19-8-12)6-4-14(13)21-16(22-17)15-3-1-2-5-20-15/h7-8,11H,1-6,9-10H2,(H,21,22,24). The number of H-pyrrole nitrogens is 1. The molecule has 1 N–H and O–H groups in total. The van der Waals surface area contributed by atoms with Gasteiger partial charge in [0.25, 0.3) is 5.56 Å². The second-order valence-electron chi connectivity index (χ2n) is 6.33. The number of aliphatic imine (C=N–C) groups is 1. The number of fused-ring (bicyclic) bond motifs is 1. The van der Waals surface area contributed by atoms with E-state index in [0.29, 0.717) is 12.4 Å². The molecule has 2 aliphatic rings. The number of hydrogen-bond donors (Lipinski definition) is 1. The van der Waals surface area contributed by atoms with Crippen LogP contribution in [-0.4, -0.2) is 43.6 Å². The molecule has 0 amide bonds. The van der Waals surface area contributed by atoms with Gasteiger partial charge in [-0.15, -0.1) is 0 Å². The van der Waals surface area contributed by atoms with Crippen molar-refractivity contribution >= 4 is 5.71 Å². The Morgan fingerprint density at radius 1 is 1.17 bits per heavy atom.